The molecule has 0 saturated carbocycles. The van der Waals surface area contributed by atoms with Crippen LogP contribution in [0, 0.1) is 13.8 Å². The Bertz CT molecular complexity index is 1390. The molecule has 2 aliphatic heterocycles. The van der Waals surface area contributed by atoms with E-state index in [2.05, 4.69) is 25.2 Å². The van der Waals surface area contributed by atoms with Gasteiger partial charge in [-0.2, -0.15) is 0 Å². The molecule has 2 fully saturated rings. The summed E-state index contributed by atoms with van der Waals surface area (Å²) in [5, 5.41) is 4.05. The van der Waals surface area contributed by atoms with Crippen LogP contribution in [0.1, 0.15) is 28.7 Å². The van der Waals surface area contributed by atoms with Crippen molar-refractivity contribution in [1.82, 2.24) is 24.8 Å². The van der Waals surface area contributed by atoms with Gasteiger partial charge >= 0.3 is 0 Å². The average molecular weight is 584 g/mol. The van der Waals surface area contributed by atoms with Crippen LogP contribution < -0.4 is 15.0 Å². The number of benzene rings is 1. The first kappa shape index (κ1) is 28.1. The molecule has 0 aliphatic carbocycles. The molecule has 11 nitrogen and oxygen atoms in total. The molecule has 212 valence electrons. The zero-order valence-corrected chi connectivity index (χ0v) is 24.7. The summed E-state index contributed by atoms with van der Waals surface area (Å²) in [5.74, 6) is 2.74. The third-order valence-corrected chi connectivity index (χ3v) is 9.00. The Balaban J connectivity index is 1.30. The van der Waals surface area contributed by atoms with Gasteiger partial charge in [-0.3, -0.25) is 9.59 Å². The van der Waals surface area contributed by atoms with Crippen molar-refractivity contribution in [2.24, 2.45) is 0 Å². The van der Waals surface area contributed by atoms with Crippen molar-refractivity contribution in [2.75, 3.05) is 69.8 Å². The number of carbonyl (C=O) groups excluding carboxylic acids is 2. The minimum absolute atomic E-state index is 0.0320. The monoisotopic (exact) mass is 583 g/mol. The van der Waals surface area contributed by atoms with Gasteiger partial charge in [0.2, 0.25) is 5.91 Å². The largest absolute Gasteiger partial charge is 0.496 e. The Morgan fingerprint density at radius 3 is 2.45 bits per heavy atom. The average Bonchev–Trinajstić information content (AvgIpc) is 3.40. The highest BCUT2D eigenvalue weighted by Crippen LogP contribution is 2.39. The summed E-state index contributed by atoms with van der Waals surface area (Å²) >= 11 is 3.07. The van der Waals surface area contributed by atoms with Gasteiger partial charge in [0.15, 0.2) is 5.13 Å². The number of ether oxygens (including phenoxy) is 2. The minimum atomic E-state index is -0.0937. The van der Waals surface area contributed by atoms with Gasteiger partial charge in [-0.1, -0.05) is 23.1 Å². The number of methoxy groups -OCH3 is 1. The number of rotatable bonds is 7. The number of morpholine rings is 1. The molecule has 0 radical (unpaired) electrons. The van der Waals surface area contributed by atoms with Crippen molar-refractivity contribution >= 4 is 51.7 Å². The predicted octanol–water partition coefficient (Wildman–Crippen LogP) is 3.59. The third kappa shape index (κ3) is 6.48. The number of aryl methyl sites for hydroxylation is 2. The van der Waals surface area contributed by atoms with Crippen LogP contribution in [0.15, 0.2) is 33.5 Å². The van der Waals surface area contributed by atoms with Gasteiger partial charge in [-0.15, -0.1) is 0 Å². The molecular formula is C27H33N7O4S2. The predicted molar refractivity (Wildman–Crippen MR) is 155 cm³/mol. The smallest absolute Gasteiger partial charge is 0.257 e. The Morgan fingerprint density at radius 2 is 1.75 bits per heavy atom. The van der Waals surface area contributed by atoms with Gasteiger partial charge in [-0.25, -0.2) is 15.0 Å². The molecule has 3 aromatic rings. The standard InChI is InChI=1S/C27H33N7O4S2/c1-17-13-21(37-4)20(26(36)34-7-5-32(6-8-34)19(3)35)14-22(17)39-25-16-28-27(40-25)31-23-15-24(30-18(2)29-23)33-9-11-38-12-10-33/h13-16H,5-12H2,1-4H3,(H,28,29,30,31). The number of amides is 2. The van der Waals surface area contributed by atoms with Crippen LogP contribution >= 0.6 is 23.1 Å². The summed E-state index contributed by atoms with van der Waals surface area (Å²) in [7, 11) is 1.58. The van der Waals surface area contributed by atoms with E-state index in [1.54, 1.807) is 35.6 Å². The molecular weight excluding hydrogens is 550 g/mol. The van der Waals surface area contributed by atoms with Crippen molar-refractivity contribution in [3.63, 3.8) is 0 Å². The van der Waals surface area contributed by atoms with Crippen LogP contribution in [-0.2, 0) is 9.53 Å². The number of hydrogen-bond donors (Lipinski definition) is 1. The summed E-state index contributed by atoms with van der Waals surface area (Å²) in [4.78, 5) is 45.5. The van der Waals surface area contributed by atoms with Crippen molar-refractivity contribution in [1.29, 1.82) is 0 Å². The lowest BCUT2D eigenvalue weighted by molar-refractivity contribution is -0.130. The quantitative estimate of drug-likeness (QED) is 0.443. The Kier molecular flexibility index (Phi) is 8.72. The topological polar surface area (TPSA) is 113 Å². The summed E-state index contributed by atoms with van der Waals surface area (Å²) in [6, 6.07) is 5.74. The fraction of sp³-hybridized carbons (Fsp3) is 0.444. The van der Waals surface area contributed by atoms with Crippen LogP contribution in [0.3, 0.4) is 0 Å². The van der Waals surface area contributed by atoms with Gasteiger partial charge in [0.05, 0.1) is 36.3 Å². The molecule has 1 N–H and O–H groups in total. The highest BCUT2D eigenvalue weighted by atomic mass is 32.2. The van der Waals surface area contributed by atoms with E-state index in [0.29, 0.717) is 62.3 Å². The first-order valence-electron chi connectivity index (χ1n) is 13.1. The number of anilines is 3. The Labute approximate surface area is 241 Å². The SMILES string of the molecule is COc1cc(C)c(Sc2cnc(Nc3cc(N4CCOCC4)nc(C)n3)s2)cc1C(=O)N1CCN(C(C)=O)CC1. The van der Waals surface area contributed by atoms with Crippen molar-refractivity contribution in [3.05, 3.63) is 41.3 Å². The summed E-state index contributed by atoms with van der Waals surface area (Å²) in [6.45, 7) is 10.5. The molecule has 0 spiro atoms. The number of aromatic nitrogens is 3. The summed E-state index contributed by atoms with van der Waals surface area (Å²) in [6.07, 6.45) is 1.82. The maximum Gasteiger partial charge on any atom is 0.257 e. The summed E-state index contributed by atoms with van der Waals surface area (Å²) in [5.41, 5.74) is 1.52. The van der Waals surface area contributed by atoms with E-state index in [-0.39, 0.29) is 11.8 Å². The molecule has 40 heavy (non-hydrogen) atoms. The lowest BCUT2D eigenvalue weighted by Gasteiger charge is -2.34. The normalized spacial score (nSPS) is 15.8. The maximum absolute atomic E-state index is 13.4. The molecule has 2 amide bonds. The third-order valence-electron chi connectivity index (χ3n) is 6.83. The summed E-state index contributed by atoms with van der Waals surface area (Å²) < 4.78 is 12.0. The number of hydrogen-bond acceptors (Lipinski definition) is 11. The first-order valence-corrected chi connectivity index (χ1v) is 14.8. The fourth-order valence-corrected chi connectivity index (χ4v) is 6.60. The van der Waals surface area contributed by atoms with Gasteiger partial charge in [0, 0.05) is 57.2 Å². The van der Waals surface area contributed by atoms with Gasteiger partial charge in [-0.05, 0) is 31.5 Å². The van der Waals surface area contributed by atoms with E-state index in [4.69, 9.17) is 9.47 Å². The van der Waals surface area contributed by atoms with Crippen LogP contribution in [0.2, 0.25) is 0 Å². The molecule has 5 rings (SSSR count). The maximum atomic E-state index is 13.4. The second-order valence-electron chi connectivity index (χ2n) is 9.59. The molecule has 0 unspecified atom stereocenters. The minimum Gasteiger partial charge on any atom is -0.496 e. The highest BCUT2D eigenvalue weighted by molar-refractivity contribution is 8.01. The van der Waals surface area contributed by atoms with E-state index >= 15 is 0 Å². The molecule has 2 saturated heterocycles. The molecule has 13 heteroatoms. The Hall–Kier alpha value is -3.42. The van der Waals surface area contributed by atoms with Crippen LogP contribution in [0.4, 0.5) is 16.8 Å². The van der Waals surface area contributed by atoms with Crippen LogP contribution in [0.25, 0.3) is 0 Å². The zero-order valence-electron chi connectivity index (χ0n) is 23.1. The molecule has 4 heterocycles. The van der Waals surface area contributed by atoms with E-state index in [1.807, 2.05) is 38.2 Å². The number of nitrogens with one attached hydrogen (secondary N) is 1. The first-order chi connectivity index (χ1) is 19.3. The van der Waals surface area contributed by atoms with E-state index < -0.39 is 0 Å². The molecule has 2 aliphatic rings. The van der Waals surface area contributed by atoms with E-state index in [0.717, 1.165) is 38.7 Å². The van der Waals surface area contributed by atoms with Crippen LogP contribution in [-0.4, -0.2) is 96.2 Å². The Morgan fingerprint density at radius 1 is 1.02 bits per heavy atom. The zero-order chi connectivity index (χ0) is 28.2. The van der Waals surface area contributed by atoms with Crippen molar-refractivity contribution in [3.8, 4) is 5.75 Å². The number of piperazine rings is 1. The van der Waals surface area contributed by atoms with Gasteiger partial charge < -0.3 is 29.5 Å². The molecule has 1 aromatic carbocycles. The second kappa shape index (κ2) is 12.4. The van der Waals surface area contributed by atoms with Crippen molar-refractivity contribution in [2.45, 2.75) is 29.9 Å². The van der Waals surface area contributed by atoms with Crippen molar-refractivity contribution < 1.29 is 19.1 Å². The highest BCUT2D eigenvalue weighted by Gasteiger charge is 2.26. The lowest BCUT2D eigenvalue weighted by atomic mass is 10.1. The van der Waals surface area contributed by atoms with E-state index in [1.165, 1.54) is 11.3 Å². The number of thiazole rings is 1. The number of nitrogens with zero attached hydrogens (tertiary/aromatic N) is 6. The molecule has 0 atom stereocenters. The second-order valence-corrected chi connectivity index (χ2v) is 12.0. The van der Waals surface area contributed by atoms with Gasteiger partial charge in [0.25, 0.3) is 5.91 Å². The lowest BCUT2D eigenvalue weighted by Crippen LogP contribution is -2.50. The molecule has 0 bridgehead atoms. The van der Waals surface area contributed by atoms with E-state index in [9.17, 15) is 9.59 Å². The van der Waals surface area contributed by atoms with Crippen LogP contribution in [0.5, 0.6) is 5.75 Å². The number of carbonyl (C=O) groups is 2. The molecule has 2 aromatic heterocycles. The van der Waals surface area contributed by atoms with Gasteiger partial charge in [0.1, 0.15) is 23.2 Å². The fourth-order valence-electron chi connectivity index (χ4n) is 4.65.